The molecule has 1 aromatic heterocycles. The van der Waals surface area contributed by atoms with Crippen molar-refractivity contribution in [2.24, 2.45) is 5.92 Å². The minimum absolute atomic E-state index is 0.197. The number of hydrogen-bond acceptors (Lipinski definition) is 2. The van der Waals surface area contributed by atoms with Crippen LogP contribution in [0.15, 0.2) is 6.07 Å². The fraction of sp³-hybridized carbons (Fsp3) is 0.500. The van der Waals surface area contributed by atoms with Gasteiger partial charge in [0.25, 0.3) is 5.91 Å². The summed E-state index contributed by atoms with van der Waals surface area (Å²) >= 11 is 11.4. The van der Waals surface area contributed by atoms with Gasteiger partial charge in [0.1, 0.15) is 10.8 Å². The molecule has 1 atom stereocenters. The average Bonchev–Trinajstić information content (AvgIpc) is 2.56. The van der Waals surface area contributed by atoms with Crippen molar-refractivity contribution in [3.8, 4) is 0 Å². The summed E-state index contributed by atoms with van der Waals surface area (Å²) < 4.78 is 0. The van der Waals surface area contributed by atoms with Gasteiger partial charge in [-0.05, 0) is 25.6 Å². The lowest BCUT2D eigenvalue weighted by Crippen LogP contribution is -2.32. The molecule has 0 aliphatic heterocycles. The summed E-state index contributed by atoms with van der Waals surface area (Å²) in [6, 6.07) is 1.52. The van der Waals surface area contributed by atoms with E-state index in [0.717, 1.165) is 6.54 Å². The van der Waals surface area contributed by atoms with Crippen molar-refractivity contribution < 1.29 is 4.79 Å². The zero-order chi connectivity index (χ0) is 12.1. The van der Waals surface area contributed by atoms with Gasteiger partial charge in [0.05, 0.1) is 5.02 Å². The van der Waals surface area contributed by atoms with E-state index in [1.807, 2.05) is 14.0 Å². The van der Waals surface area contributed by atoms with Gasteiger partial charge in [0.2, 0.25) is 0 Å². The van der Waals surface area contributed by atoms with Gasteiger partial charge in [-0.25, -0.2) is 0 Å². The molecule has 3 N–H and O–H groups in total. The van der Waals surface area contributed by atoms with Crippen LogP contribution in [0.25, 0.3) is 0 Å². The number of hydrogen-bond donors (Lipinski definition) is 3. The molecule has 0 aliphatic carbocycles. The van der Waals surface area contributed by atoms with Crippen molar-refractivity contribution in [1.29, 1.82) is 0 Å². The van der Waals surface area contributed by atoms with E-state index >= 15 is 0 Å². The number of H-pyrrole nitrogens is 1. The first kappa shape index (κ1) is 13.4. The maximum absolute atomic E-state index is 11.6. The van der Waals surface area contributed by atoms with Crippen LogP contribution in [-0.2, 0) is 0 Å². The fourth-order valence-corrected chi connectivity index (χ4v) is 1.62. The summed E-state index contributed by atoms with van der Waals surface area (Å²) in [4.78, 5) is 14.3. The predicted molar refractivity (Wildman–Crippen MR) is 66.2 cm³/mol. The van der Waals surface area contributed by atoms with Crippen molar-refractivity contribution in [3.05, 3.63) is 21.9 Å². The molecule has 1 aromatic rings. The number of halogens is 2. The minimum Gasteiger partial charge on any atom is -0.350 e. The molecule has 0 aliphatic rings. The molecule has 1 unspecified atom stereocenters. The fourth-order valence-electron chi connectivity index (χ4n) is 1.31. The summed E-state index contributed by atoms with van der Waals surface area (Å²) in [6.07, 6.45) is 0. The van der Waals surface area contributed by atoms with Crippen LogP contribution in [-0.4, -0.2) is 31.0 Å². The summed E-state index contributed by atoms with van der Waals surface area (Å²) in [6.45, 7) is 3.51. The van der Waals surface area contributed by atoms with E-state index in [2.05, 4.69) is 15.6 Å². The molecule has 0 bridgehead atoms. The lowest BCUT2D eigenvalue weighted by molar-refractivity contribution is 0.0944. The lowest BCUT2D eigenvalue weighted by atomic mass is 10.2. The van der Waals surface area contributed by atoms with Gasteiger partial charge in [0.15, 0.2) is 0 Å². The molecule has 0 radical (unpaired) electrons. The zero-order valence-electron chi connectivity index (χ0n) is 9.23. The lowest BCUT2D eigenvalue weighted by Gasteiger charge is -2.11. The molecular formula is C10H15Cl2N3O. The second-order valence-electron chi connectivity index (χ2n) is 3.72. The van der Waals surface area contributed by atoms with Crippen LogP contribution in [0.5, 0.6) is 0 Å². The SMILES string of the molecule is CNCC(C)CNC(=O)c1cc(Cl)c(Cl)[nH]1. The highest BCUT2D eigenvalue weighted by Gasteiger charge is 2.12. The molecule has 0 saturated heterocycles. The van der Waals surface area contributed by atoms with Crippen molar-refractivity contribution in [2.75, 3.05) is 20.1 Å². The Morgan fingerprint density at radius 2 is 2.19 bits per heavy atom. The maximum Gasteiger partial charge on any atom is 0.267 e. The van der Waals surface area contributed by atoms with Crippen LogP contribution in [0, 0.1) is 5.92 Å². The molecule has 1 rings (SSSR count). The normalized spacial score (nSPS) is 12.5. The van der Waals surface area contributed by atoms with E-state index in [4.69, 9.17) is 23.2 Å². The first-order valence-corrected chi connectivity index (χ1v) is 5.77. The number of aromatic amines is 1. The third-order valence-electron chi connectivity index (χ3n) is 2.13. The summed E-state index contributed by atoms with van der Waals surface area (Å²) in [5.41, 5.74) is 0.381. The number of carbonyl (C=O) groups is 1. The molecule has 6 heteroatoms. The van der Waals surface area contributed by atoms with Gasteiger partial charge in [-0.2, -0.15) is 0 Å². The van der Waals surface area contributed by atoms with Crippen LogP contribution < -0.4 is 10.6 Å². The third kappa shape index (κ3) is 3.70. The molecule has 16 heavy (non-hydrogen) atoms. The molecule has 0 aromatic carbocycles. The molecular weight excluding hydrogens is 249 g/mol. The molecule has 0 spiro atoms. The van der Waals surface area contributed by atoms with Crippen LogP contribution in [0.2, 0.25) is 10.2 Å². The van der Waals surface area contributed by atoms with Crippen LogP contribution in [0.1, 0.15) is 17.4 Å². The van der Waals surface area contributed by atoms with Gasteiger partial charge in [0, 0.05) is 6.54 Å². The topological polar surface area (TPSA) is 56.9 Å². The number of rotatable bonds is 5. The second-order valence-corrected chi connectivity index (χ2v) is 4.50. The molecule has 0 fully saturated rings. The van der Waals surface area contributed by atoms with Crippen LogP contribution in [0.4, 0.5) is 0 Å². The Morgan fingerprint density at radius 1 is 1.50 bits per heavy atom. The quantitative estimate of drug-likeness (QED) is 0.760. The molecule has 1 amide bonds. The predicted octanol–water partition coefficient (Wildman–Crippen LogP) is 1.91. The standard InChI is InChI=1S/C10H15Cl2N3O/c1-6(4-13-2)5-14-10(16)8-3-7(11)9(12)15-8/h3,6,13,15H,4-5H2,1-2H3,(H,14,16). The van der Waals surface area contributed by atoms with Gasteiger partial charge < -0.3 is 15.6 Å². The monoisotopic (exact) mass is 263 g/mol. The maximum atomic E-state index is 11.6. The van der Waals surface area contributed by atoms with E-state index < -0.39 is 0 Å². The molecule has 0 saturated carbocycles. The third-order valence-corrected chi connectivity index (χ3v) is 2.83. The Labute approximate surface area is 105 Å². The van der Waals surface area contributed by atoms with E-state index in [-0.39, 0.29) is 11.1 Å². The highest BCUT2D eigenvalue weighted by atomic mass is 35.5. The summed E-state index contributed by atoms with van der Waals surface area (Å²) in [5.74, 6) is 0.173. The molecule has 1 heterocycles. The van der Waals surface area contributed by atoms with Crippen molar-refractivity contribution in [3.63, 3.8) is 0 Å². The average molecular weight is 264 g/mol. The molecule has 90 valence electrons. The van der Waals surface area contributed by atoms with Crippen LogP contribution >= 0.6 is 23.2 Å². The van der Waals surface area contributed by atoms with Gasteiger partial charge in [-0.15, -0.1) is 0 Å². The number of carbonyl (C=O) groups excluding carboxylic acids is 1. The Hall–Kier alpha value is -0.710. The highest BCUT2D eigenvalue weighted by molar-refractivity contribution is 6.41. The van der Waals surface area contributed by atoms with E-state index in [9.17, 15) is 4.79 Å². The Bertz CT molecular complexity index is 345. The van der Waals surface area contributed by atoms with E-state index in [1.54, 1.807) is 0 Å². The Morgan fingerprint density at radius 3 is 2.69 bits per heavy atom. The highest BCUT2D eigenvalue weighted by Crippen LogP contribution is 2.21. The summed E-state index contributed by atoms with van der Waals surface area (Å²) in [5, 5.41) is 6.48. The minimum atomic E-state index is -0.197. The Balaban J connectivity index is 2.46. The smallest absolute Gasteiger partial charge is 0.267 e. The first-order valence-electron chi connectivity index (χ1n) is 5.01. The van der Waals surface area contributed by atoms with Gasteiger partial charge in [-0.1, -0.05) is 30.1 Å². The van der Waals surface area contributed by atoms with Crippen molar-refractivity contribution in [1.82, 2.24) is 15.6 Å². The van der Waals surface area contributed by atoms with Gasteiger partial charge >= 0.3 is 0 Å². The zero-order valence-corrected chi connectivity index (χ0v) is 10.7. The molecule has 4 nitrogen and oxygen atoms in total. The number of amides is 1. The van der Waals surface area contributed by atoms with Crippen molar-refractivity contribution >= 4 is 29.1 Å². The summed E-state index contributed by atoms with van der Waals surface area (Å²) in [7, 11) is 1.88. The van der Waals surface area contributed by atoms with Gasteiger partial charge in [-0.3, -0.25) is 4.79 Å². The largest absolute Gasteiger partial charge is 0.350 e. The second kappa shape index (κ2) is 6.13. The van der Waals surface area contributed by atoms with E-state index in [1.165, 1.54) is 6.07 Å². The van der Waals surface area contributed by atoms with Crippen LogP contribution in [0.3, 0.4) is 0 Å². The van der Waals surface area contributed by atoms with Crippen molar-refractivity contribution in [2.45, 2.75) is 6.92 Å². The first-order chi connectivity index (χ1) is 7.54. The number of aromatic nitrogens is 1. The van der Waals surface area contributed by atoms with E-state index in [0.29, 0.717) is 23.2 Å². The Kier molecular flexibility index (Phi) is 5.12. The number of nitrogens with one attached hydrogen (secondary N) is 3.